The van der Waals surface area contributed by atoms with Crippen molar-refractivity contribution < 1.29 is 28.6 Å². The second kappa shape index (κ2) is 12.6. The van der Waals surface area contributed by atoms with Crippen molar-refractivity contribution in [3.8, 4) is 11.5 Å². The minimum absolute atomic E-state index is 0.248. The minimum Gasteiger partial charge on any atom is -0.493 e. The first kappa shape index (κ1) is 23.3. The number of ether oxygens (including phenoxy) is 3. The number of nitrogens with one attached hydrogen (secondary N) is 1. The van der Waals surface area contributed by atoms with Crippen LogP contribution < -0.4 is 14.8 Å². The van der Waals surface area contributed by atoms with Gasteiger partial charge in [-0.05, 0) is 49.8 Å². The van der Waals surface area contributed by atoms with E-state index in [9.17, 15) is 14.4 Å². The van der Waals surface area contributed by atoms with Crippen molar-refractivity contribution in [2.75, 3.05) is 34.9 Å². The maximum Gasteiger partial charge on any atom is 0.396 e. The summed E-state index contributed by atoms with van der Waals surface area (Å²) in [7, 11) is 6.17. The third kappa shape index (κ3) is 8.28. The van der Waals surface area contributed by atoms with Crippen LogP contribution in [-0.4, -0.2) is 64.2 Å². The van der Waals surface area contributed by atoms with Crippen LogP contribution in [0.3, 0.4) is 0 Å². The summed E-state index contributed by atoms with van der Waals surface area (Å²) >= 11 is 0. The average Bonchev–Trinajstić information content (AvgIpc) is 3.21. The highest BCUT2D eigenvalue weighted by Crippen LogP contribution is 2.32. The molecule has 0 heterocycles. The molecule has 8 heteroatoms. The molecule has 156 valence electrons. The van der Waals surface area contributed by atoms with Crippen LogP contribution in [0.15, 0.2) is 18.2 Å². The highest BCUT2D eigenvalue weighted by atomic mass is 16.5. The van der Waals surface area contributed by atoms with E-state index in [0.29, 0.717) is 18.7 Å². The number of hydrogen-bond donors (Lipinski definition) is 1. The van der Waals surface area contributed by atoms with Crippen LogP contribution >= 0.6 is 0 Å². The molecule has 1 aliphatic rings. The van der Waals surface area contributed by atoms with Crippen LogP contribution in [-0.2, 0) is 25.5 Å². The number of carbonyl (C=O) groups excluding carboxylic acids is 3. The fraction of sp³-hybridized carbons (Fsp3) is 0.550. The number of hydrogen-bond acceptors (Lipinski definition) is 6. The van der Waals surface area contributed by atoms with Crippen molar-refractivity contribution in [3.63, 3.8) is 0 Å². The Bertz CT molecular complexity index is 642. The molecular formula is C20H30N2O6. The maximum atomic E-state index is 11.3. The van der Waals surface area contributed by atoms with Gasteiger partial charge in [0.1, 0.15) is 0 Å². The van der Waals surface area contributed by atoms with E-state index in [4.69, 9.17) is 9.47 Å². The predicted molar refractivity (Wildman–Crippen MR) is 104 cm³/mol. The van der Waals surface area contributed by atoms with Crippen molar-refractivity contribution in [2.24, 2.45) is 0 Å². The van der Waals surface area contributed by atoms with Gasteiger partial charge in [-0.25, -0.2) is 4.79 Å². The van der Waals surface area contributed by atoms with Crippen LogP contribution in [0.25, 0.3) is 0 Å². The number of rotatable bonds is 7. The molecule has 0 radical (unpaired) electrons. The van der Waals surface area contributed by atoms with Gasteiger partial charge in [-0.3, -0.25) is 9.59 Å². The lowest BCUT2D eigenvalue weighted by Crippen LogP contribution is -2.33. The monoisotopic (exact) mass is 394 g/mol. The molecule has 0 unspecified atom stereocenters. The Morgan fingerprint density at radius 2 is 1.82 bits per heavy atom. The molecule has 1 fully saturated rings. The molecule has 28 heavy (non-hydrogen) atoms. The molecule has 0 aliphatic heterocycles. The highest BCUT2D eigenvalue weighted by Gasteiger charge is 2.19. The van der Waals surface area contributed by atoms with Crippen LogP contribution in [0.1, 0.15) is 31.2 Å². The third-order valence-corrected chi connectivity index (χ3v) is 4.10. The summed E-state index contributed by atoms with van der Waals surface area (Å²) in [6.07, 6.45) is 6.13. The van der Waals surface area contributed by atoms with Crippen molar-refractivity contribution in [2.45, 2.75) is 38.2 Å². The average molecular weight is 394 g/mol. The van der Waals surface area contributed by atoms with E-state index in [1.165, 1.54) is 24.9 Å². The SMILES string of the molecule is CN(C)C=O.COC(=O)C(=O)NCCc1ccc(OC)c(OC2CCCC2)c1. The van der Waals surface area contributed by atoms with E-state index < -0.39 is 11.9 Å². The van der Waals surface area contributed by atoms with E-state index in [1.54, 1.807) is 21.2 Å². The van der Waals surface area contributed by atoms with E-state index in [1.807, 2.05) is 18.2 Å². The lowest BCUT2D eigenvalue weighted by atomic mass is 10.1. The summed E-state index contributed by atoms with van der Waals surface area (Å²) in [4.78, 5) is 33.2. The quantitative estimate of drug-likeness (QED) is 0.428. The van der Waals surface area contributed by atoms with Gasteiger partial charge in [-0.15, -0.1) is 0 Å². The molecule has 1 saturated carbocycles. The molecule has 0 atom stereocenters. The standard InChI is InChI=1S/C17H23NO5.C3H7NO/c1-21-14-8-7-12(9-10-18-16(19)17(20)22-2)11-15(14)23-13-5-3-4-6-13;1-4(2)3-5/h7-8,11,13H,3-6,9-10H2,1-2H3,(H,18,19);3H,1-2H3. The van der Waals surface area contributed by atoms with E-state index in [2.05, 4.69) is 10.1 Å². The Morgan fingerprint density at radius 1 is 1.18 bits per heavy atom. The van der Waals surface area contributed by atoms with E-state index in [0.717, 1.165) is 30.6 Å². The molecule has 1 aliphatic carbocycles. The normalized spacial score (nSPS) is 13.0. The molecule has 2 amide bonds. The number of methoxy groups -OCH3 is 2. The van der Waals surface area contributed by atoms with Gasteiger partial charge in [0.25, 0.3) is 0 Å². The van der Waals surface area contributed by atoms with Gasteiger partial charge in [0.05, 0.1) is 20.3 Å². The number of benzene rings is 1. The number of carbonyl (C=O) groups is 3. The lowest BCUT2D eigenvalue weighted by molar-refractivity contribution is -0.152. The number of esters is 1. The maximum absolute atomic E-state index is 11.3. The number of amides is 2. The summed E-state index contributed by atoms with van der Waals surface area (Å²) < 4.78 is 15.7. The Kier molecular flexibility index (Phi) is 10.5. The van der Waals surface area contributed by atoms with Gasteiger partial charge in [0.15, 0.2) is 11.5 Å². The van der Waals surface area contributed by atoms with Crippen molar-refractivity contribution in [1.82, 2.24) is 10.2 Å². The molecule has 2 rings (SSSR count). The molecule has 1 aromatic carbocycles. The number of nitrogens with zero attached hydrogens (tertiary/aromatic N) is 1. The molecule has 0 bridgehead atoms. The summed E-state index contributed by atoms with van der Waals surface area (Å²) in [6.45, 7) is 0.350. The second-order valence-electron chi connectivity index (χ2n) is 6.58. The topological polar surface area (TPSA) is 94.2 Å². The Labute approximate surface area is 166 Å². The van der Waals surface area contributed by atoms with E-state index in [-0.39, 0.29) is 6.10 Å². The van der Waals surface area contributed by atoms with Crippen LogP contribution in [0, 0.1) is 0 Å². The Hall–Kier alpha value is -2.77. The lowest BCUT2D eigenvalue weighted by Gasteiger charge is -2.17. The molecular weight excluding hydrogens is 364 g/mol. The van der Waals surface area contributed by atoms with Gasteiger partial charge in [0, 0.05) is 20.6 Å². The fourth-order valence-corrected chi connectivity index (χ4v) is 2.64. The highest BCUT2D eigenvalue weighted by molar-refractivity contribution is 6.32. The first-order valence-electron chi connectivity index (χ1n) is 9.22. The van der Waals surface area contributed by atoms with Gasteiger partial charge >= 0.3 is 11.9 Å². The Balaban J connectivity index is 0.000000696. The second-order valence-corrected chi connectivity index (χ2v) is 6.58. The molecule has 8 nitrogen and oxygen atoms in total. The first-order valence-corrected chi connectivity index (χ1v) is 9.22. The van der Waals surface area contributed by atoms with Crippen molar-refractivity contribution in [3.05, 3.63) is 23.8 Å². The van der Waals surface area contributed by atoms with Crippen molar-refractivity contribution in [1.29, 1.82) is 0 Å². The van der Waals surface area contributed by atoms with Crippen LogP contribution in [0.5, 0.6) is 11.5 Å². The predicted octanol–water partition coefficient (Wildman–Crippen LogP) is 1.55. The smallest absolute Gasteiger partial charge is 0.396 e. The summed E-state index contributed by atoms with van der Waals surface area (Å²) in [5.74, 6) is -0.177. The summed E-state index contributed by atoms with van der Waals surface area (Å²) in [5, 5.41) is 2.52. The van der Waals surface area contributed by atoms with Crippen LogP contribution in [0.2, 0.25) is 0 Å². The fourth-order valence-electron chi connectivity index (χ4n) is 2.64. The zero-order valence-electron chi connectivity index (χ0n) is 17.0. The third-order valence-electron chi connectivity index (χ3n) is 4.10. The molecule has 1 N–H and O–H groups in total. The zero-order chi connectivity index (χ0) is 20.9. The van der Waals surface area contributed by atoms with Gasteiger partial charge in [0.2, 0.25) is 6.41 Å². The summed E-state index contributed by atoms with van der Waals surface area (Å²) in [6, 6.07) is 5.72. The zero-order valence-corrected chi connectivity index (χ0v) is 17.0. The molecule has 1 aromatic rings. The van der Waals surface area contributed by atoms with E-state index >= 15 is 0 Å². The first-order chi connectivity index (χ1) is 13.4. The van der Waals surface area contributed by atoms with Gasteiger partial charge in [-0.1, -0.05) is 6.07 Å². The molecule has 0 aromatic heterocycles. The van der Waals surface area contributed by atoms with Gasteiger partial charge in [-0.2, -0.15) is 0 Å². The molecule has 0 spiro atoms. The van der Waals surface area contributed by atoms with Crippen molar-refractivity contribution >= 4 is 18.3 Å². The summed E-state index contributed by atoms with van der Waals surface area (Å²) in [5.41, 5.74) is 1.00. The minimum atomic E-state index is -0.884. The van der Waals surface area contributed by atoms with Crippen LogP contribution in [0.4, 0.5) is 0 Å². The largest absolute Gasteiger partial charge is 0.493 e. The molecule has 0 saturated heterocycles. The van der Waals surface area contributed by atoms with Gasteiger partial charge < -0.3 is 24.4 Å². The Morgan fingerprint density at radius 3 is 2.36 bits per heavy atom.